The molecule has 1 aromatic carbocycles. The number of hydrogen-bond donors (Lipinski definition) is 0. The van der Waals surface area contributed by atoms with Gasteiger partial charge < -0.3 is 0 Å². The third kappa shape index (κ3) is 1.43. The van der Waals surface area contributed by atoms with Crippen LogP contribution in [0, 0.1) is 39.2 Å². The molecule has 0 aliphatic rings. The van der Waals surface area contributed by atoms with Crippen LogP contribution in [0.25, 0.3) is 0 Å². The summed E-state index contributed by atoms with van der Waals surface area (Å²) >= 11 is 0. The fourth-order valence-electron chi connectivity index (χ4n) is 1.31. The molecule has 0 spiro atoms. The number of aryl methyl sites for hydroxylation is 3. The summed E-state index contributed by atoms with van der Waals surface area (Å²) in [6.45, 7) is 6.05. The van der Waals surface area contributed by atoms with Crippen molar-refractivity contribution in [3.8, 4) is 12.3 Å². The number of benzene rings is 1. The molecule has 55 valence electrons. The van der Waals surface area contributed by atoms with Crippen LogP contribution in [0.5, 0.6) is 0 Å². The van der Waals surface area contributed by atoms with E-state index in [0.29, 0.717) is 0 Å². The Morgan fingerprint density at radius 3 is 2.45 bits per heavy atom. The predicted octanol–water partition coefficient (Wildman–Crippen LogP) is 2.39. The molecule has 11 heavy (non-hydrogen) atoms. The average molecular weight is 143 g/mol. The molecule has 0 aliphatic carbocycles. The molecule has 0 saturated carbocycles. The van der Waals surface area contributed by atoms with E-state index in [1.807, 2.05) is 20.8 Å². The Kier molecular flexibility index (Phi) is 2.01. The summed E-state index contributed by atoms with van der Waals surface area (Å²) in [5, 5.41) is 0. The third-order valence-corrected chi connectivity index (χ3v) is 1.73. The fraction of sp³-hybridized carbons (Fsp3) is 0.273. The van der Waals surface area contributed by atoms with Crippen molar-refractivity contribution in [2.75, 3.05) is 0 Å². The lowest BCUT2D eigenvalue weighted by molar-refractivity contribution is 1.29. The molecule has 0 saturated heterocycles. The van der Waals surface area contributed by atoms with Crippen LogP contribution in [0.2, 0.25) is 0 Å². The van der Waals surface area contributed by atoms with Gasteiger partial charge in [0.25, 0.3) is 0 Å². The Morgan fingerprint density at radius 2 is 2.00 bits per heavy atom. The molecule has 0 amide bonds. The first-order valence-electron chi connectivity index (χ1n) is 3.62. The van der Waals surface area contributed by atoms with Crippen LogP contribution < -0.4 is 0 Å². The van der Waals surface area contributed by atoms with Crippen LogP contribution >= 0.6 is 0 Å². The molecule has 0 bridgehead atoms. The van der Waals surface area contributed by atoms with E-state index in [1.54, 1.807) is 0 Å². The van der Waals surface area contributed by atoms with Crippen LogP contribution in [0.4, 0.5) is 0 Å². The third-order valence-electron chi connectivity index (χ3n) is 1.73. The highest BCUT2D eigenvalue weighted by molar-refractivity contribution is 5.46. The smallest absolute Gasteiger partial charge is 0.0307 e. The normalized spacial score (nSPS) is 9.27. The predicted molar refractivity (Wildman–Crippen MR) is 47.4 cm³/mol. The summed E-state index contributed by atoms with van der Waals surface area (Å²) in [5.74, 6) is 2.66. The molecule has 0 atom stereocenters. The van der Waals surface area contributed by atoms with Gasteiger partial charge in [-0.25, -0.2) is 0 Å². The maximum Gasteiger partial charge on any atom is 0.0307 e. The second-order valence-electron chi connectivity index (χ2n) is 2.78. The molecular formula is C11H11. The molecular weight excluding hydrogens is 132 g/mol. The van der Waals surface area contributed by atoms with Gasteiger partial charge in [-0.05, 0) is 43.5 Å². The molecule has 0 unspecified atom stereocenters. The van der Waals surface area contributed by atoms with Gasteiger partial charge in [-0.3, -0.25) is 0 Å². The van der Waals surface area contributed by atoms with E-state index in [4.69, 9.17) is 6.42 Å². The van der Waals surface area contributed by atoms with Gasteiger partial charge in [0.05, 0.1) is 0 Å². The van der Waals surface area contributed by atoms with Crippen molar-refractivity contribution < 1.29 is 0 Å². The average Bonchev–Trinajstić information content (AvgIpc) is 1.85. The van der Waals surface area contributed by atoms with Crippen molar-refractivity contribution in [3.05, 3.63) is 34.4 Å². The SMILES string of the molecule is C#Cc1c(C)[c]c(C)cc1C. The molecule has 0 nitrogen and oxygen atoms in total. The summed E-state index contributed by atoms with van der Waals surface area (Å²) in [6.07, 6.45) is 5.33. The highest BCUT2D eigenvalue weighted by Crippen LogP contribution is 2.13. The lowest BCUT2D eigenvalue weighted by atomic mass is 10.0. The molecule has 0 aromatic heterocycles. The van der Waals surface area contributed by atoms with Gasteiger partial charge in [-0.1, -0.05) is 12.0 Å². The largest absolute Gasteiger partial charge is 0.115 e. The van der Waals surface area contributed by atoms with E-state index < -0.39 is 0 Å². The molecule has 1 aromatic rings. The Morgan fingerprint density at radius 1 is 1.36 bits per heavy atom. The summed E-state index contributed by atoms with van der Waals surface area (Å²) in [6, 6.07) is 5.25. The summed E-state index contributed by atoms with van der Waals surface area (Å²) < 4.78 is 0. The molecule has 1 rings (SSSR count). The highest BCUT2D eigenvalue weighted by Gasteiger charge is 1.99. The van der Waals surface area contributed by atoms with Crippen molar-refractivity contribution in [3.63, 3.8) is 0 Å². The standard InChI is InChI=1S/C11H11/c1-5-11-9(3)6-8(2)7-10(11)4/h1,6H,2-4H3. The highest BCUT2D eigenvalue weighted by atomic mass is 14.0. The van der Waals surface area contributed by atoms with Crippen LogP contribution in [0.15, 0.2) is 6.07 Å². The van der Waals surface area contributed by atoms with Gasteiger partial charge >= 0.3 is 0 Å². The molecule has 1 radical (unpaired) electrons. The van der Waals surface area contributed by atoms with Crippen molar-refractivity contribution >= 4 is 0 Å². The van der Waals surface area contributed by atoms with Gasteiger partial charge in [-0.15, -0.1) is 6.42 Å². The second-order valence-corrected chi connectivity index (χ2v) is 2.78. The minimum absolute atomic E-state index is 0.982. The van der Waals surface area contributed by atoms with Crippen molar-refractivity contribution in [2.45, 2.75) is 20.8 Å². The lowest BCUT2D eigenvalue weighted by Crippen LogP contribution is -1.89. The van der Waals surface area contributed by atoms with Crippen LogP contribution in [-0.4, -0.2) is 0 Å². The first-order chi connectivity index (χ1) is 5.15. The summed E-state index contributed by atoms with van der Waals surface area (Å²) in [5.41, 5.74) is 4.38. The van der Waals surface area contributed by atoms with E-state index in [1.165, 1.54) is 5.56 Å². The molecule has 0 fully saturated rings. The maximum absolute atomic E-state index is 5.33. The van der Waals surface area contributed by atoms with Crippen molar-refractivity contribution in [1.82, 2.24) is 0 Å². The van der Waals surface area contributed by atoms with Gasteiger partial charge in [0.15, 0.2) is 0 Å². The van der Waals surface area contributed by atoms with Crippen molar-refractivity contribution in [2.24, 2.45) is 0 Å². The van der Waals surface area contributed by atoms with Gasteiger partial charge in [-0.2, -0.15) is 0 Å². The fourth-order valence-corrected chi connectivity index (χ4v) is 1.31. The zero-order valence-corrected chi connectivity index (χ0v) is 7.15. The number of terminal acetylenes is 1. The second kappa shape index (κ2) is 2.80. The zero-order chi connectivity index (χ0) is 8.43. The Balaban J connectivity index is 3.40. The Labute approximate surface area is 68.3 Å². The Hall–Kier alpha value is -1.22. The number of rotatable bonds is 0. The summed E-state index contributed by atoms with van der Waals surface area (Å²) in [7, 11) is 0. The number of hydrogen-bond acceptors (Lipinski definition) is 0. The molecule has 0 heterocycles. The molecule has 0 heteroatoms. The minimum Gasteiger partial charge on any atom is -0.115 e. The van der Waals surface area contributed by atoms with Crippen LogP contribution in [-0.2, 0) is 0 Å². The van der Waals surface area contributed by atoms with Crippen LogP contribution in [0.3, 0.4) is 0 Å². The monoisotopic (exact) mass is 143 g/mol. The topological polar surface area (TPSA) is 0 Å². The zero-order valence-electron chi connectivity index (χ0n) is 7.15. The van der Waals surface area contributed by atoms with Gasteiger partial charge in [0, 0.05) is 5.56 Å². The Bertz CT molecular complexity index is 290. The minimum atomic E-state index is 0.982. The first kappa shape index (κ1) is 7.88. The maximum atomic E-state index is 5.33. The lowest BCUT2D eigenvalue weighted by Gasteiger charge is -2.03. The van der Waals surface area contributed by atoms with E-state index >= 15 is 0 Å². The van der Waals surface area contributed by atoms with E-state index in [2.05, 4.69) is 18.1 Å². The molecule has 0 aliphatic heterocycles. The summed E-state index contributed by atoms with van der Waals surface area (Å²) in [4.78, 5) is 0. The quantitative estimate of drug-likeness (QED) is 0.489. The van der Waals surface area contributed by atoms with Gasteiger partial charge in [0.1, 0.15) is 0 Å². The van der Waals surface area contributed by atoms with E-state index in [-0.39, 0.29) is 0 Å². The molecule has 0 N–H and O–H groups in total. The van der Waals surface area contributed by atoms with Gasteiger partial charge in [0.2, 0.25) is 0 Å². The van der Waals surface area contributed by atoms with E-state index in [9.17, 15) is 0 Å². The first-order valence-corrected chi connectivity index (χ1v) is 3.62. The van der Waals surface area contributed by atoms with Crippen LogP contribution in [0.1, 0.15) is 22.3 Å². The van der Waals surface area contributed by atoms with E-state index in [0.717, 1.165) is 16.7 Å². The van der Waals surface area contributed by atoms with Crippen molar-refractivity contribution in [1.29, 1.82) is 0 Å².